The van der Waals surface area contributed by atoms with Gasteiger partial charge in [-0.1, -0.05) is 43.3 Å². The Labute approximate surface area is 176 Å². The fourth-order valence-corrected chi connectivity index (χ4v) is 4.50. The molecule has 2 aromatic carbocycles. The van der Waals surface area contributed by atoms with Crippen molar-refractivity contribution in [3.05, 3.63) is 70.8 Å². The molecule has 1 aliphatic heterocycles. The predicted molar refractivity (Wildman–Crippen MR) is 112 cm³/mol. The van der Waals surface area contributed by atoms with E-state index in [1.54, 1.807) is 0 Å². The number of likely N-dealkylation sites (tertiary alicyclic amines) is 1. The number of hydrogen-bond donors (Lipinski definition) is 1. The van der Waals surface area contributed by atoms with Gasteiger partial charge in [0.05, 0.1) is 11.6 Å². The highest BCUT2D eigenvalue weighted by Gasteiger charge is 2.43. The first-order chi connectivity index (χ1) is 14.0. The lowest BCUT2D eigenvalue weighted by Crippen LogP contribution is -2.57. The van der Waals surface area contributed by atoms with Gasteiger partial charge in [0.15, 0.2) is 0 Å². The van der Waals surface area contributed by atoms with E-state index in [-0.39, 0.29) is 22.7 Å². The molecule has 3 atom stereocenters. The summed E-state index contributed by atoms with van der Waals surface area (Å²) in [7, 11) is 2.05. The van der Waals surface area contributed by atoms with Crippen molar-refractivity contribution < 1.29 is 18.0 Å². The van der Waals surface area contributed by atoms with E-state index in [1.807, 2.05) is 37.4 Å². The van der Waals surface area contributed by atoms with Crippen LogP contribution in [0.4, 0.5) is 13.2 Å². The lowest BCUT2D eigenvalue weighted by molar-refractivity contribution is -0.138. The SMILES string of the molecule is Cc1c(C(=O)NC(c2ccccc2)C2(C)CCC(C)CN2C)cccc1C(F)(F)F. The van der Waals surface area contributed by atoms with E-state index in [4.69, 9.17) is 0 Å². The summed E-state index contributed by atoms with van der Waals surface area (Å²) < 4.78 is 40.0. The highest BCUT2D eigenvalue weighted by atomic mass is 19.4. The van der Waals surface area contributed by atoms with Crippen LogP contribution in [0.5, 0.6) is 0 Å². The van der Waals surface area contributed by atoms with Crippen molar-refractivity contribution in [2.75, 3.05) is 13.6 Å². The first-order valence-electron chi connectivity index (χ1n) is 10.3. The van der Waals surface area contributed by atoms with Gasteiger partial charge < -0.3 is 5.32 Å². The summed E-state index contributed by atoms with van der Waals surface area (Å²) in [4.78, 5) is 15.4. The van der Waals surface area contributed by atoms with Crippen molar-refractivity contribution in [3.63, 3.8) is 0 Å². The summed E-state index contributed by atoms with van der Waals surface area (Å²) in [5.41, 5.74) is -0.175. The summed E-state index contributed by atoms with van der Waals surface area (Å²) in [6.07, 6.45) is -2.58. The zero-order valence-electron chi connectivity index (χ0n) is 17.9. The highest BCUT2D eigenvalue weighted by Crippen LogP contribution is 2.40. The van der Waals surface area contributed by atoms with Crippen LogP contribution >= 0.6 is 0 Å². The van der Waals surface area contributed by atoms with Gasteiger partial charge in [-0.15, -0.1) is 0 Å². The Morgan fingerprint density at radius 1 is 1.17 bits per heavy atom. The molecule has 0 bridgehead atoms. The molecule has 3 unspecified atom stereocenters. The number of benzene rings is 2. The smallest absolute Gasteiger partial charge is 0.343 e. The van der Waals surface area contributed by atoms with Crippen LogP contribution in [-0.2, 0) is 6.18 Å². The van der Waals surface area contributed by atoms with Gasteiger partial charge in [-0.3, -0.25) is 9.69 Å². The van der Waals surface area contributed by atoms with Crippen LogP contribution in [0.2, 0.25) is 0 Å². The number of halogens is 3. The van der Waals surface area contributed by atoms with E-state index in [2.05, 4.69) is 24.1 Å². The maximum absolute atomic E-state index is 13.3. The molecule has 1 fully saturated rings. The molecule has 2 aromatic rings. The molecule has 6 heteroatoms. The number of rotatable bonds is 4. The van der Waals surface area contributed by atoms with E-state index in [0.29, 0.717) is 5.92 Å². The van der Waals surface area contributed by atoms with Gasteiger partial charge in [0.2, 0.25) is 0 Å². The topological polar surface area (TPSA) is 32.3 Å². The number of likely N-dealkylation sites (N-methyl/N-ethyl adjacent to an activating group) is 1. The second kappa shape index (κ2) is 8.42. The minimum atomic E-state index is -4.50. The van der Waals surface area contributed by atoms with Gasteiger partial charge in [0.1, 0.15) is 0 Å². The lowest BCUT2D eigenvalue weighted by atomic mass is 9.76. The van der Waals surface area contributed by atoms with Crippen molar-refractivity contribution in [3.8, 4) is 0 Å². The number of piperidine rings is 1. The highest BCUT2D eigenvalue weighted by molar-refractivity contribution is 5.96. The number of nitrogens with one attached hydrogen (secondary N) is 1. The summed E-state index contributed by atoms with van der Waals surface area (Å²) >= 11 is 0. The summed E-state index contributed by atoms with van der Waals surface area (Å²) in [5.74, 6) is 0.0709. The zero-order valence-corrected chi connectivity index (χ0v) is 17.9. The third kappa shape index (κ3) is 4.38. The largest absolute Gasteiger partial charge is 0.416 e. The first-order valence-corrected chi connectivity index (χ1v) is 10.3. The molecule has 0 radical (unpaired) electrons. The minimum absolute atomic E-state index is 0.0508. The van der Waals surface area contributed by atoms with Gasteiger partial charge in [0.25, 0.3) is 5.91 Å². The minimum Gasteiger partial charge on any atom is -0.343 e. The maximum Gasteiger partial charge on any atom is 0.416 e. The molecular formula is C24H29F3N2O. The van der Waals surface area contributed by atoms with Gasteiger partial charge in [-0.25, -0.2) is 0 Å². The number of carbonyl (C=O) groups is 1. The summed E-state index contributed by atoms with van der Waals surface area (Å²) in [6, 6.07) is 13.1. The monoisotopic (exact) mass is 418 g/mol. The molecule has 162 valence electrons. The molecule has 3 rings (SSSR count). The maximum atomic E-state index is 13.3. The Kier molecular flexibility index (Phi) is 6.27. The third-order valence-corrected chi connectivity index (χ3v) is 6.51. The van der Waals surface area contributed by atoms with Crippen LogP contribution in [0.3, 0.4) is 0 Å². The fourth-order valence-electron chi connectivity index (χ4n) is 4.50. The fraction of sp³-hybridized carbons (Fsp3) is 0.458. The van der Waals surface area contributed by atoms with Gasteiger partial charge in [-0.05, 0) is 62.9 Å². The standard InChI is InChI=1S/C24H29F3N2O/c1-16-13-14-23(3,29(4)15-16)21(18-9-6-5-7-10-18)28-22(30)19-11-8-12-20(17(19)2)24(25,26)27/h5-12,16,21H,13-15H2,1-4H3,(H,28,30). The molecule has 1 N–H and O–H groups in total. The molecule has 1 amide bonds. The number of amides is 1. The Morgan fingerprint density at radius 2 is 1.83 bits per heavy atom. The Balaban J connectivity index is 1.98. The van der Waals surface area contributed by atoms with Crippen molar-refractivity contribution in [1.29, 1.82) is 0 Å². The van der Waals surface area contributed by atoms with Crippen LogP contribution < -0.4 is 5.32 Å². The molecule has 0 aliphatic carbocycles. The molecule has 30 heavy (non-hydrogen) atoms. The zero-order chi connectivity index (χ0) is 22.1. The molecule has 1 heterocycles. The number of nitrogens with zero attached hydrogens (tertiary/aromatic N) is 1. The normalized spacial score (nSPS) is 23.8. The van der Waals surface area contributed by atoms with Gasteiger partial charge >= 0.3 is 6.18 Å². The number of hydrogen-bond acceptors (Lipinski definition) is 2. The van der Waals surface area contributed by atoms with Crippen molar-refractivity contribution >= 4 is 5.91 Å². The first kappa shape index (κ1) is 22.3. The number of alkyl halides is 3. The molecule has 1 aliphatic rings. The van der Waals surface area contributed by atoms with Crippen LogP contribution in [0, 0.1) is 12.8 Å². The van der Waals surface area contributed by atoms with E-state index in [0.717, 1.165) is 31.0 Å². The van der Waals surface area contributed by atoms with Crippen molar-refractivity contribution in [2.45, 2.75) is 51.4 Å². The third-order valence-electron chi connectivity index (χ3n) is 6.51. The molecular weight excluding hydrogens is 389 g/mol. The Morgan fingerprint density at radius 3 is 2.43 bits per heavy atom. The Bertz CT molecular complexity index is 897. The average Bonchev–Trinajstić information content (AvgIpc) is 2.69. The van der Waals surface area contributed by atoms with E-state index < -0.39 is 17.6 Å². The van der Waals surface area contributed by atoms with Crippen molar-refractivity contribution in [2.24, 2.45) is 5.92 Å². The molecule has 3 nitrogen and oxygen atoms in total. The summed E-state index contributed by atoms with van der Waals surface area (Å²) in [6.45, 7) is 6.58. The second-order valence-electron chi connectivity index (χ2n) is 8.67. The average molecular weight is 419 g/mol. The molecule has 0 aromatic heterocycles. The Hall–Kier alpha value is -2.34. The second-order valence-corrected chi connectivity index (χ2v) is 8.67. The van der Waals surface area contributed by atoms with E-state index >= 15 is 0 Å². The van der Waals surface area contributed by atoms with E-state index in [9.17, 15) is 18.0 Å². The molecule has 1 saturated heterocycles. The van der Waals surface area contributed by atoms with Crippen molar-refractivity contribution in [1.82, 2.24) is 10.2 Å². The van der Waals surface area contributed by atoms with E-state index in [1.165, 1.54) is 19.1 Å². The molecule has 0 spiro atoms. The number of carbonyl (C=O) groups excluding carboxylic acids is 1. The van der Waals surface area contributed by atoms with Crippen LogP contribution in [0.15, 0.2) is 48.5 Å². The van der Waals surface area contributed by atoms with Gasteiger partial charge in [-0.2, -0.15) is 13.2 Å². The lowest BCUT2D eigenvalue weighted by Gasteiger charge is -2.50. The van der Waals surface area contributed by atoms with Crippen LogP contribution in [0.1, 0.15) is 59.8 Å². The van der Waals surface area contributed by atoms with Crippen LogP contribution in [-0.4, -0.2) is 29.9 Å². The van der Waals surface area contributed by atoms with Gasteiger partial charge in [0, 0.05) is 17.6 Å². The van der Waals surface area contributed by atoms with Crippen LogP contribution in [0.25, 0.3) is 0 Å². The summed E-state index contributed by atoms with van der Waals surface area (Å²) in [5, 5.41) is 3.08. The molecule has 0 saturated carbocycles. The predicted octanol–water partition coefficient (Wildman–Crippen LogP) is 5.61. The quantitative estimate of drug-likeness (QED) is 0.700.